The van der Waals surface area contributed by atoms with E-state index in [0.29, 0.717) is 32.7 Å². The maximum Gasteiger partial charge on any atom is 0.223 e. The Morgan fingerprint density at radius 2 is 2.38 bits per heavy atom. The Morgan fingerprint density at radius 3 is 3.17 bits per heavy atom. The van der Waals surface area contributed by atoms with Crippen LogP contribution >= 0.6 is 0 Å². The normalized spacial score (nSPS) is 20.3. The van der Waals surface area contributed by atoms with Gasteiger partial charge in [-0.3, -0.25) is 9.48 Å². The standard InChI is InChI=1S/C16H21N5O3/c22-15(2-1-5-21-11-17-10-18-21)20-6-3-14-13(8-20)19-16(24-14)12-4-7-23-9-12/h10-12H,1-9H2. The number of rotatable bonds is 5. The average Bonchev–Trinajstić information content (AvgIpc) is 3.33. The van der Waals surface area contributed by atoms with Crippen molar-refractivity contribution >= 4 is 5.91 Å². The van der Waals surface area contributed by atoms with Crippen molar-refractivity contribution in [1.82, 2.24) is 24.6 Å². The molecule has 1 unspecified atom stereocenters. The molecular weight excluding hydrogens is 310 g/mol. The first-order chi connectivity index (χ1) is 11.8. The van der Waals surface area contributed by atoms with Crippen LogP contribution in [-0.2, 0) is 29.0 Å². The number of aryl methyl sites for hydroxylation is 1. The fourth-order valence-electron chi connectivity index (χ4n) is 3.23. The van der Waals surface area contributed by atoms with Crippen LogP contribution in [-0.4, -0.2) is 50.3 Å². The van der Waals surface area contributed by atoms with Crippen LogP contribution in [0.3, 0.4) is 0 Å². The molecule has 1 amide bonds. The van der Waals surface area contributed by atoms with Gasteiger partial charge in [-0.05, 0) is 12.8 Å². The Kier molecular flexibility index (Phi) is 4.29. The maximum atomic E-state index is 12.4. The lowest BCUT2D eigenvalue weighted by atomic mass is 10.1. The first-order valence-corrected chi connectivity index (χ1v) is 8.46. The van der Waals surface area contributed by atoms with Gasteiger partial charge in [0, 0.05) is 32.5 Å². The van der Waals surface area contributed by atoms with E-state index in [-0.39, 0.29) is 11.8 Å². The van der Waals surface area contributed by atoms with Crippen molar-refractivity contribution in [2.45, 2.75) is 44.7 Å². The van der Waals surface area contributed by atoms with Crippen molar-refractivity contribution in [3.05, 3.63) is 30.0 Å². The van der Waals surface area contributed by atoms with Crippen molar-refractivity contribution < 1.29 is 13.9 Å². The van der Waals surface area contributed by atoms with Gasteiger partial charge in [0.15, 0.2) is 5.89 Å². The van der Waals surface area contributed by atoms with Crippen LogP contribution in [0, 0.1) is 0 Å². The molecule has 0 radical (unpaired) electrons. The topological polar surface area (TPSA) is 86.3 Å². The molecule has 0 N–H and O–H groups in total. The van der Waals surface area contributed by atoms with Gasteiger partial charge < -0.3 is 14.1 Å². The van der Waals surface area contributed by atoms with E-state index in [4.69, 9.17) is 9.15 Å². The van der Waals surface area contributed by atoms with E-state index < -0.39 is 0 Å². The van der Waals surface area contributed by atoms with E-state index in [1.165, 1.54) is 6.33 Å². The van der Waals surface area contributed by atoms with Crippen LogP contribution in [0.4, 0.5) is 0 Å². The quantitative estimate of drug-likeness (QED) is 0.816. The Labute approximate surface area is 139 Å². The molecule has 1 atom stereocenters. The predicted octanol–water partition coefficient (Wildman–Crippen LogP) is 1.14. The molecule has 128 valence electrons. The van der Waals surface area contributed by atoms with E-state index >= 15 is 0 Å². The minimum Gasteiger partial charge on any atom is -0.445 e. The summed E-state index contributed by atoms with van der Waals surface area (Å²) in [6.45, 7) is 3.42. The molecule has 1 fully saturated rings. The molecule has 2 aromatic heterocycles. The van der Waals surface area contributed by atoms with Crippen molar-refractivity contribution in [2.24, 2.45) is 0 Å². The molecule has 2 aromatic rings. The van der Waals surface area contributed by atoms with Gasteiger partial charge in [-0.25, -0.2) is 9.97 Å². The summed E-state index contributed by atoms with van der Waals surface area (Å²) in [5.74, 6) is 2.14. The molecule has 4 heterocycles. The van der Waals surface area contributed by atoms with Gasteiger partial charge >= 0.3 is 0 Å². The number of amides is 1. The number of aromatic nitrogens is 4. The predicted molar refractivity (Wildman–Crippen MR) is 83.1 cm³/mol. The third kappa shape index (κ3) is 3.19. The molecule has 0 aromatic carbocycles. The zero-order valence-electron chi connectivity index (χ0n) is 13.6. The van der Waals surface area contributed by atoms with E-state index in [0.717, 1.165) is 43.2 Å². The Morgan fingerprint density at radius 1 is 1.42 bits per heavy atom. The van der Waals surface area contributed by atoms with Gasteiger partial charge in [0.25, 0.3) is 0 Å². The summed E-state index contributed by atoms with van der Waals surface area (Å²) in [6, 6.07) is 0. The average molecular weight is 331 g/mol. The second kappa shape index (κ2) is 6.72. The maximum absolute atomic E-state index is 12.4. The summed E-state index contributed by atoms with van der Waals surface area (Å²) in [6.07, 6.45) is 6.15. The number of oxazole rings is 1. The Bertz CT molecular complexity index is 691. The molecular formula is C16H21N5O3. The van der Waals surface area contributed by atoms with Crippen LogP contribution in [0.15, 0.2) is 17.1 Å². The molecule has 8 heteroatoms. The molecule has 0 bridgehead atoms. The first kappa shape index (κ1) is 15.3. The van der Waals surface area contributed by atoms with E-state index in [9.17, 15) is 4.79 Å². The first-order valence-electron chi connectivity index (χ1n) is 8.46. The lowest BCUT2D eigenvalue weighted by Crippen LogP contribution is -2.35. The molecule has 1 saturated heterocycles. The van der Waals surface area contributed by atoms with E-state index in [1.54, 1.807) is 11.0 Å². The summed E-state index contributed by atoms with van der Waals surface area (Å²) < 4.78 is 13.0. The van der Waals surface area contributed by atoms with Crippen molar-refractivity contribution in [1.29, 1.82) is 0 Å². The summed E-state index contributed by atoms with van der Waals surface area (Å²) in [7, 11) is 0. The summed E-state index contributed by atoms with van der Waals surface area (Å²) in [5.41, 5.74) is 0.910. The number of carbonyl (C=O) groups excluding carboxylic acids is 1. The highest BCUT2D eigenvalue weighted by atomic mass is 16.5. The minimum absolute atomic E-state index is 0.162. The number of fused-ring (bicyclic) bond motifs is 1. The third-order valence-electron chi connectivity index (χ3n) is 4.62. The van der Waals surface area contributed by atoms with Gasteiger partial charge in [0.1, 0.15) is 24.1 Å². The largest absolute Gasteiger partial charge is 0.445 e. The fraction of sp³-hybridized carbons (Fsp3) is 0.625. The van der Waals surface area contributed by atoms with Crippen molar-refractivity contribution in [3.8, 4) is 0 Å². The van der Waals surface area contributed by atoms with Crippen LogP contribution in [0.25, 0.3) is 0 Å². The fourth-order valence-corrected chi connectivity index (χ4v) is 3.23. The van der Waals surface area contributed by atoms with Gasteiger partial charge in [-0.2, -0.15) is 5.10 Å². The smallest absolute Gasteiger partial charge is 0.223 e. The second-order valence-electron chi connectivity index (χ2n) is 6.31. The molecule has 0 aliphatic carbocycles. The van der Waals surface area contributed by atoms with Crippen LogP contribution in [0.1, 0.15) is 42.5 Å². The van der Waals surface area contributed by atoms with Crippen molar-refractivity contribution in [3.63, 3.8) is 0 Å². The highest BCUT2D eigenvalue weighted by molar-refractivity contribution is 5.76. The second-order valence-corrected chi connectivity index (χ2v) is 6.31. The molecule has 2 aliphatic rings. The van der Waals surface area contributed by atoms with E-state index in [2.05, 4.69) is 15.1 Å². The lowest BCUT2D eigenvalue weighted by Gasteiger charge is -2.25. The Balaban J connectivity index is 1.32. The molecule has 0 spiro atoms. The molecule has 8 nitrogen and oxygen atoms in total. The number of ether oxygens (including phenoxy) is 1. The number of hydrogen-bond donors (Lipinski definition) is 0. The number of carbonyl (C=O) groups is 1. The van der Waals surface area contributed by atoms with Gasteiger partial charge in [-0.15, -0.1) is 0 Å². The van der Waals surface area contributed by atoms with Crippen molar-refractivity contribution in [2.75, 3.05) is 19.8 Å². The highest BCUT2D eigenvalue weighted by Crippen LogP contribution is 2.29. The monoisotopic (exact) mass is 331 g/mol. The summed E-state index contributed by atoms with van der Waals surface area (Å²) >= 11 is 0. The van der Waals surface area contributed by atoms with Gasteiger partial charge in [0.2, 0.25) is 5.91 Å². The molecule has 24 heavy (non-hydrogen) atoms. The molecule has 0 saturated carbocycles. The van der Waals surface area contributed by atoms with Crippen LogP contribution < -0.4 is 0 Å². The Hall–Kier alpha value is -2.22. The number of hydrogen-bond acceptors (Lipinski definition) is 6. The molecule has 4 rings (SSSR count). The van der Waals surface area contributed by atoms with E-state index in [1.807, 2.05) is 4.90 Å². The lowest BCUT2D eigenvalue weighted by molar-refractivity contribution is -0.132. The number of nitrogens with zero attached hydrogens (tertiary/aromatic N) is 5. The van der Waals surface area contributed by atoms with Gasteiger partial charge in [-0.1, -0.05) is 0 Å². The van der Waals surface area contributed by atoms with Crippen LogP contribution in [0.5, 0.6) is 0 Å². The van der Waals surface area contributed by atoms with Gasteiger partial charge in [0.05, 0.1) is 19.1 Å². The molecule has 2 aliphatic heterocycles. The third-order valence-corrected chi connectivity index (χ3v) is 4.62. The summed E-state index contributed by atoms with van der Waals surface area (Å²) in [4.78, 5) is 22.8. The summed E-state index contributed by atoms with van der Waals surface area (Å²) in [5, 5.41) is 4.04. The zero-order valence-corrected chi connectivity index (χ0v) is 13.6. The highest BCUT2D eigenvalue weighted by Gasteiger charge is 2.29. The van der Waals surface area contributed by atoms with Crippen LogP contribution in [0.2, 0.25) is 0 Å². The minimum atomic E-state index is 0.162. The zero-order chi connectivity index (χ0) is 16.4. The SMILES string of the molecule is O=C(CCCn1cncn1)N1CCc2oc(C3CCOC3)nc2C1.